The monoisotopic (exact) mass is 192 g/mol. The summed E-state index contributed by atoms with van der Waals surface area (Å²) in [6.07, 6.45) is 0. The third kappa shape index (κ3) is 2.56. The lowest BCUT2D eigenvalue weighted by Gasteiger charge is -2.07. The van der Waals surface area contributed by atoms with Crippen molar-refractivity contribution >= 4 is 18.1 Å². The molecule has 0 aliphatic heterocycles. The van der Waals surface area contributed by atoms with Gasteiger partial charge in [-0.05, 0) is 12.1 Å². The van der Waals surface area contributed by atoms with Crippen molar-refractivity contribution in [3.05, 3.63) is 24.3 Å². The van der Waals surface area contributed by atoms with Crippen LogP contribution < -0.4 is 15.8 Å². The van der Waals surface area contributed by atoms with Gasteiger partial charge in [-0.25, -0.2) is 5.84 Å². The molecule has 0 radical (unpaired) electrons. The standard InChI is InChI=1S/C7H9FN2O.ClH/c1-11-7-4-2-3-6(5-7)10(8)9;/h2-5H,9H2,1H3;1H. The molecule has 0 saturated carbocycles. The van der Waals surface area contributed by atoms with E-state index in [1.165, 1.54) is 13.2 Å². The smallest absolute Gasteiger partial charge is 0.121 e. The van der Waals surface area contributed by atoms with Gasteiger partial charge in [-0.1, -0.05) is 10.5 Å². The Morgan fingerprint density at radius 3 is 2.67 bits per heavy atom. The predicted octanol–water partition coefficient (Wildman–Crippen LogP) is 1.68. The van der Waals surface area contributed by atoms with Crippen LogP contribution in [0.2, 0.25) is 0 Å². The molecule has 1 rings (SSSR count). The number of methoxy groups -OCH3 is 1. The van der Waals surface area contributed by atoms with Crippen LogP contribution in [0.3, 0.4) is 0 Å². The lowest BCUT2D eigenvalue weighted by atomic mass is 10.3. The molecule has 1 aromatic carbocycles. The first-order chi connectivity index (χ1) is 5.24. The summed E-state index contributed by atoms with van der Waals surface area (Å²) in [6.45, 7) is 0. The molecule has 0 heterocycles. The van der Waals surface area contributed by atoms with E-state index in [1.54, 1.807) is 18.2 Å². The van der Waals surface area contributed by atoms with E-state index in [0.717, 1.165) is 0 Å². The van der Waals surface area contributed by atoms with Gasteiger partial charge in [0.2, 0.25) is 0 Å². The summed E-state index contributed by atoms with van der Waals surface area (Å²) >= 11 is 0. The van der Waals surface area contributed by atoms with Gasteiger partial charge in [0.25, 0.3) is 0 Å². The number of benzene rings is 1. The number of hydrogen-bond donors (Lipinski definition) is 1. The molecule has 5 heteroatoms. The minimum atomic E-state index is 0. The highest BCUT2D eigenvalue weighted by Gasteiger charge is 1.99. The summed E-state index contributed by atoms with van der Waals surface area (Å²) in [5.74, 6) is 5.43. The molecule has 0 aromatic heterocycles. The minimum Gasteiger partial charge on any atom is -0.497 e. The van der Waals surface area contributed by atoms with Crippen molar-refractivity contribution in [1.82, 2.24) is 0 Å². The van der Waals surface area contributed by atoms with E-state index in [0.29, 0.717) is 5.75 Å². The number of ether oxygens (including phenoxy) is 1. The SMILES string of the molecule is COc1cccc(N(N)F)c1.Cl. The normalized spacial score (nSPS) is 8.58. The molecule has 0 bridgehead atoms. The third-order valence-electron chi connectivity index (χ3n) is 1.30. The van der Waals surface area contributed by atoms with Crippen LogP contribution in [0.5, 0.6) is 5.75 Å². The van der Waals surface area contributed by atoms with Gasteiger partial charge in [0, 0.05) is 6.07 Å². The molecule has 3 nitrogen and oxygen atoms in total. The van der Waals surface area contributed by atoms with Crippen molar-refractivity contribution < 1.29 is 9.22 Å². The Bertz CT molecular complexity index is 245. The van der Waals surface area contributed by atoms with Gasteiger partial charge in [-0.15, -0.1) is 17.6 Å². The third-order valence-corrected chi connectivity index (χ3v) is 1.30. The number of anilines is 1. The van der Waals surface area contributed by atoms with E-state index >= 15 is 0 Å². The van der Waals surface area contributed by atoms with Crippen LogP contribution in [0.1, 0.15) is 0 Å². The maximum atomic E-state index is 12.3. The number of nitrogens with two attached hydrogens (primary N) is 1. The number of hydrogen-bond acceptors (Lipinski definition) is 3. The fourth-order valence-electron chi connectivity index (χ4n) is 0.743. The van der Waals surface area contributed by atoms with Gasteiger partial charge in [-0.2, -0.15) is 0 Å². The topological polar surface area (TPSA) is 38.5 Å². The number of nitrogens with zero attached hydrogens (tertiary/aromatic N) is 1. The molecular formula is C7H10ClFN2O. The zero-order chi connectivity index (χ0) is 8.27. The summed E-state index contributed by atoms with van der Waals surface area (Å²) in [6, 6.07) is 6.42. The number of hydrazine groups is 1. The maximum Gasteiger partial charge on any atom is 0.121 e. The lowest BCUT2D eigenvalue weighted by molar-refractivity contribution is 0.411. The minimum absolute atomic E-state index is 0. The first-order valence-electron chi connectivity index (χ1n) is 3.08. The van der Waals surface area contributed by atoms with Crippen LogP contribution in [0.25, 0.3) is 0 Å². The zero-order valence-electron chi connectivity index (χ0n) is 6.53. The molecule has 68 valence electrons. The summed E-state index contributed by atoms with van der Waals surface area (Å²) in [7, 11) is 1.51. The van der Waals surface area contributed by atoms with Gasteiger partial charge in [-0.3, -0.25) is 0 Å². The highest BCUT2D eigenvalue weighted by molar-refractivity contribution is 5.85. The summed E-state index contributed by atoms with van der Waals surface area (Å²) in [4.78, 5) is 0. The van der Waals surface area contributed by atoms with Crippen molar-refractivity contribution in [3.63, 3.8) is 0 Å². The molecule has 12 heavy (non-hydrogen) atoms. The summed E-state index contributed by atoms with van der Waals surface area (Å²) in [5.41, 5.74) is 0.268. The van der Waals surface area contributed by atoms with Crippen LogP contribution in [0.4, 0.5) is 10.2 Å². The van der Waals surface area contributed by atoms with E-state index in [9.17, 15) is 4.48 Å². The van der Waals surface area contributed by atoms with Crippen LogP contribution in [0.15, 0.2) is 24.3 Å². The molecule has 0 unspecified atom stereocenters. The van der Waals surface area contributed by atoms with Crippen LogP contribution in [-0.4, -0.2) is 7.11 Å². The Morgan fingerprint density at radius 2 is 2.17 bits per heavy atom. The second-order valence-electron chi connectivity index (χ2n) is 2.01. The van der Waals surface area contributed by atoms with E-state index in [2.05, 4.69) is 0 Å². The van der Waals surface area contributed by atoms with Crippen LogP contribution >= 0.6 is 12.4 Å². The summed E-state index contributed by atoms with van der Waals surface area (Å²) < 4.78 is 17.2. The van der Waals surface area contributed by atoms with E-state index in [-0.39, 0.29) is 23.3 Å². The Balaban J connectivity index is 0.00000121. The Morgan fingerprint density at radius 1 is 1.50 bits per heavy atom. The Hall–Kier alpha value is -1.00. The van der Waals surface area contributed by atoms with Crippen molar-refractivity contribution in [2.24, 2.45) is 5.84 Å². The molecule has 0 saturated heterocycles. The van der Waals surface area contributed by atoms with Crippen LogP contribution in [-0.2, 0) is 0 Å². The van der Waals surface area contributed by atoms with Crippen molar-refractivity contribution in [2.75, 3.05) is 12.3 Å². The first-order valence-corrected chi connectivity index (χ1v) is 3.08. The molecule has 0 spiro atoms. The van der Waals surface area contributed by atoms with Crippen molar-refractivity contribution in [3.8, 4) is 5.75 Å². The maximum absolute atomic E-state index is 12.3. The quantitative estimate of drug-likeness (QED) is 0.440. The largest absolute Gasteiger partial charge is 0.497 e. The second kappa shape index (κ2) is 4.79. The van der Waals surface area contributed by atoms with Gasteiger partial charge < -0.3 is 4.74 Å². The van der Waals surface area contributed by atoms with Gasteiger partial charge in [0.1, 0.15) is 5.75 Å². The molecular weight excluding hydrogens is 183 g/mol. The Labute approximate surface area is 76.2 Å². The fourth-order valence-corrected chi connectivity index (χ4v) is 0.743. The average Bonchev–Trinajstić information content (AvgIpc) is 2.05. The molecule has 0 aliphatic carbocycles. The van der Waals surface area contributed by atoms with Crippen LogP contribution in [0, 0.1) is 0 Å². The lowest BCUT2D eigenvalue weighted by Crippen LogP contribution is -2.19. The molecule has 0 amide bonds. The molecule has 0 fully saturated rings. The Kier molecular flexibility index (Phi) is 4.39. The van der Waals surface area contributed by atoms with E-state index < -0.39 is 0 Å². The average molecular weight is 193 g/mol. The van der Waals surface area contributed by atoms with Gasteiger partial charge in [0.15, 0.2) is 0 Å². The first kappa shape index (κ1) is 11.0. The fraction of sp³-hybridized carbons (Fsp3) is 0.143. The molecule has 1 aromatic rings. The number of rotatable bonds is 2. The van der Waals surface area contributed by atoms with Crippen molar-refractivity contribution in [2.45, 2.75) is 0 Å². The predicted molar refractivity (Wildman–Crippen MR) is 48.0 cm³/mol. The van der Waals surface area contributed by atoms with Gasteiger partial charge in [0.05, 0.1) is 12.8 Å². The van der Waals surface area contributed by atoms with Crippen molar-refractivity contribution in [1.29, 1.82) is 0 Å². The van der Waals surface area contributed by atoms with Gasteiger partial charge >= 0.3 is 0 Å². The second-order valence-corrected chi connectivity index (χ2v) is 2.01. The number of halogens is 2. The molecule has 0 atom stereocenters. The van der Waals surface area contributed by atoms with E-state index in [4.69, 9.17) is 10.6 Å². The van der Waals surface area contributed by atoms with E-state index in [1.807, 2.05) is 0 Å². The highest BCUT2D eigenvalue weighted by atomic mass is 35.5. The molecule has 2 N–H and O–H groups in total. The zero-order valence-corrected chi connectivity index (χ0v) is 7.34. The highest BCUT2D eigenvalue weighted by Crippen LogP contribution is 2.18. The summed E-state index contributed by atoms with van der Waals surface area (Å²) in [5, 5.41) is 0.0442. The molecule has 0 aliphatic rings.